The van der Waals surface area contributed by atoms with Crippen LogP contribution in [0.15, 0.2) is 70.7 Å². The summed E-state index contributed by atoms with van der Waals surface area (Å²) in [6.45, 7) is 4.52. The second kappa shape index (κ2) is 9.83. The zero-order valence-corrected chi connectivity index (χ0v) is 20.7. The lowest BCUT2D eigenvalue weighted by molar-refractivity contribution is -0.122. The highest BCUT2D eigenvalue weighted by atomic mass is 79.9. The molecule has 1 saturated heterocycles. The average Bonchev–Trinajstić information content (AvgIpc) is 2.78. The summed E-state index contributed by atoms with van der Waals surface area (Å²) in [6, 6.07) is 16.8. The second-order valence-corrected chi connectivity index (χ2v) is 9.13. The van der Waals surface area contributed by atoms with Gasteiger partial charge < -0.3 is 4.74 Å². The highest BCUT2D eigenvalue weighted by Crippen LogP contribution is 2.29. The third-order valence-electron chi connectivity index (χ3n) is 5.40. The molecule has 1 aliphatic rings. The van der Waals surface area contributed by atoms with Gasteiger partial charge in [0.15, 0.2) is 0 Å². The van der Waals surface area contributed by atoms with E-state index in [0.717, 1.165) is 10.5 Å². The van der Waals surface area contributed by atoms with Crippen molar-refractivity contribution < 1.29 is 19.1 Å². The van der Waals surface area contributed by atoms with E-state index in [1.54, 1.807) is 36.4 Å². The summed E-state index contributed by atoms with van der Waals surface area (Å²) in [5.74, 6) is -0.878. The van der Waals surface area contributed by atoms with Crippen LogP contribution in [0.1, 0.15) is 22.3 Å². The van der Waals surface area contributed by atoms with Crippen LogP contribution < -0.4 is 15.0 Å². The fourth-order valence-electron chi connectivity index (χ4n) is 3.45. The first-order valence-electron chi connectivity index (χ1n) is 10.4. The Bertz CT molecular complexity index is 1350. The number of imide groups is 2. The summed E-state index contributed by atoms with van der Waals surface area (Å²) < 4.78 is 6.59. The quantitative estimate of drug-likeness (QED) is 0.320. The number of nitrogens with zero attached hydrogens (tertiary/aromatic N) is 1. The molecule has 4 amide bonds. The summed E-state index contributed by atoms with van der Waals surface area (Å²) >= 11 is 9.49. The van der Waals surface area contributed by atoms with Gasteiger partial charge in [0.05, 0.1) is 10.2 Å². The van der Waals surface area contributed by atoms with E-state index in [9.17, 15) is 14.4 Å². The molecule has 1 aliphatic heterocycles. The average molecular weight is 540 g/mol. The van der Waals surface area contributed by atoms with Gasteiger partial charge in [-0.2, -0.15) is 0 Å². The zero-order chi connectivity index (χ0) is 24.4. The number of carbonyl (C=O) groups is 3. The Hall–Kier alpha value is -3.42. The molecule has 0 saturated carbocycles. The molecule has 0 unspecified atom stereocenters. The molecule has 1 fully saturated rings. The predicted molar refractivity (Wildman–Crippen MR) is 135 cm³/mol. The maximum atomic E-state index is 13.0. The van der Waals surface area contributed by atoms with Crippen molar-refractivity contribution >= 4 is 57.1 Å². The molecular weight excluding hydrogens is 520 g/mol. The Morgan fingerprint density at radius 1 is 1.00 bits per heavy atom. The van der Waals surface area contributed by atoms with Crippen molar-refractivity contribution in [3.63, 3.8) is 0 Å². The minimum absolute atomic E-state index is 0.171. The van der Waals surface area contributed by atoms with Gasteiger partial charge in [0.25, 0.3) is 11.8 Å². The number of benzene rings is 3. The number of halogens is 2. The van der Waals surface area contributed by atoms with Gasteiger partial charge in [-0.1, -0.05) is 41.9 Å². The molecule has 0 bridgehead atoms. The zero-order valence-electron chi connectivity index (χ0n) is 18.4. The van der Waals surface area contributed by atoms with Crippen LogP contribution in [0.2, 0.25) is 5.02 Å². The van der Waals surface area contributed by atoms with Crippen LogP contribution in [0.4, 0.5) is 10.5 Å². The molecule has 34 heavy (non-hydrogen) atoms. The molecule has 0 spiro atoms. The number of aryl methyl sites for hydroxylation is 2. The molecule has 0 radical (unpaired) electrons. The number of ether oxygens (including phenoxy) is 1. The Morgan fingerprint density at radius 2 is 1.79 bits per heavy atom. The number of anilines is 1. The number of barbiturate groups is 1. The first-order valence-corrected chi connectivity index (χ1v) is 11.6. The number of urea groups is 1. The summed E-state index contributed by atoms with van der Waals surface area (Å²) in [5, 5.41) is 2.56. The molecule has 6 nitrogen and oxygen atoms in total. The number of rotatable bonds is 5. The lowest BCUT2D eigenvalue weighted by atomic mass is 10.1. The largest absolute Gasteiger partial charge is 0.488 e. The van der Waals surface area contributed by atoms with E-state index in [0.29, 0.717) is 27.4 Å². The number of hydrogen-bond donors (Lipinski definition) is 1. The molecule has 172 valence electrons. The standard InChI is InChI=1S/C26H20BrClN2O4/c1-15-6-7-18(10-16(15)2)14-34-23-9-8-17(12-22(23)27)11-21-24(31)29-26(33)30(25(21)32)20-5-3-4-19(28)13-20/h3-13H,14H2,1-2H3,(H,29,31,33)/b21-11+. The van der Waals surface area contributed by atoms with Gasteiger partial charge in [-0.3, -0.25) is 14.9 Å². The van der Waals surface area contributed by atoms with Crippen molar-refractivity contribution in [2.45, 2.75) is 20.5 Å². The summed E-state index contributed by atoms with van der Waals surface area (Å²) in [6.07, 6.45) is 1.43. The number of nitrogens with one attached hydrogen (secondary N) is 1. The first kappa shape index (κ1) is 23.7. The molecular formula is C26H20BrClN2O4. The van der Waals surface area contributed by atoms with E-state index in [4.69, 9.17) is 16.3 Å². The monoisotopic (exact) mass is 538 g/mol. The number of carbonyl (C=O) groups excluding carboxylic acids is 3. The van der Waals surface area contributed by atoms with Crippen molar-refractivity contribution in [3.05, 3.63) is 98.0 Å². The van der Waals surface area contributed by atoms with Crippen molar-refractivity contribution in [3.8, 4) is 5.75 Å². The SMILES string of the molecule is Cc1ccc(COc2ccc(/C=C3\C(=O)NC(=O)N(c4cccc(Cl)c4)C3=O)cc2Br)cc1C. The van der Waals surface area contributed by atoms with Crippen molar-refractivity contribution in [2.75, 3.05) is 4.90 Å². The Morgan fingerprint density at radius 3 is 2.50 bits per heavy atom. The third kappa shape index (κ3) is 5.05. The number of hydrogen-bond acceptors (Lipinski definition) is 4. The van der Waals surface area contributed by atoms with Gasteiger partial charge in [0.2, 0.25) is 0 Å². The van der Waals surface area contributed by atoms with Gasteiger partial charge >= 0.3 is 6.03 Å². The van der Waals surface area contributed by atoms with Gasteiger partial charge in [0, 0.05) is 5.02 Å². The van der Waals surface area contributed by atoms with Crippen LogP contribution in [0.25, 0.3) is 6.08 Å². The summed E-state index contributed by atoms with van der Waals surface area (Å²) in [5.41, 5.74) is 4.16. The first-order chi connectivity index (χ1) is 16.2. The molecule has 1 heterocycles. The normalized spacial score (nSPS) is 15.0. The van der Waals surface area contributed by atoms with Crippen LogP contribution in [0, 0.1) is 13.8 Å². The van der Waals surface area contributed by atoms with E-state index in [-0.39, 0.29) is 11.3 Å². The smallest absolute Gasteiger partial charge is 0.335 e. The molecule has 0 aliphatic carbocycles. The van der Waals surface area contributed by atoms with Crippen LogP contribution >= 0.6 is 27.5 Å². The Balaban J connectivity index is 1.55. The highest BCUT2D eigenvalue weighted by molar-refractivity contribution is 9.10. The van der Waals surface area contributed by atoms with Crippen molar-refractivity contribution in [1.29, 1.82) is 0 Å². The fraction of sp³-hybridized carbons (Fsp3) is 0.115. The van der Waals surface area contributed by atoms with Crippen molar-refractivity contribution in [1.82, 2.24) is 5.32 Å². The van der Waals surface area contributed by atoms with Crippen LogP contribution in [0.3, 0.4) is 0 Å². The Kier molecular flexibility index (Phi) is 6.86. The van der Waals surface area contributed by atoms with E-state index in [1.165, 1.54) is 23.3 Å². The molecule has 3 aromatic carbocycles. The molecule has 4 rings (SSSR count). The van der Waals surface area contributed by atoms with Gasteiger partial charge in [-0.05, 0) is 88.4 Å². The second-order valence-electron chi connectivity index (χ2n) is 7.83. The topological polar surface area (TPSA) is 75.7 Å². The van der Waals surface area contributed by atoms with E-state index >= 15 is 0 Å². The maximum Gasteiger partial charge on any atom is 0.335 e. The van der Waals surface area contributed by atoms with Crippen molar-refractivity contribution in [2.24, 2.45) is 0 Å². The van der Waals surface area contributed by atoms with Gasteiger partial charge in [-0.15, -0.1) is 0 Å². The maximum absolute atomic E-state index is 13.0. The lowest BCUT2D eigenvalue weighted by Crippen LogP contribution is -2.54. The minimum atomic E-state index is -0.828. The highest BCUT2D eigenvalue weighted by Gasteiger charge is 2.36. The van der Waals surface area contributed by atoms with Crippen LogP contribution in [-0.2, 0) is 16.2 Å². The molecule has 0 atom stereocenters. The molecule has 8 heteroatoms. The van der Waals surface area contributed by atoms with Gasteiger partial charge in [0.1, 0.15) is 17.9 Å². The molecule has 0 aromatic heterocycles. The van der Waals surface area contributed by atoms with E-state index < -0.39 is 17.8 Å². The van der Waals surface area contributed by atoms with E-state index in [1.807, 2.05) is 6.07 Å². The Labute approximate surface area is 210 Å². The van der Waals surface area contributed by atoms with E-state index in [2.05, 4.69) is 47.2 Å². The third-order valence-corrected chi connectivity index (χ3v) is 6.26. The van der Waals surface area contributed by atoms with Crippen LogP contribution in [-0.4, -0.2) is 17.8 Å². The number of amides is 4. The molecule has 1 N–H and O–H groups in total. The minimum Gasteiger partial charge on any atom is -0.488 e. The fourth-order valence-corrected chi connectivity index (χ4v) is 4.15. The summed E-state index contributed by atoms with van der Waals surface area (Å²) in [7, 11) is 0. The van der Waals surface area contributed by atoms with Crippen LogP contribution in [0.5, 0.6) is 5.75 Å². The molecule has 3 aromatic rings. The van der Waals surface area contributed by atoms with Gasteiger partial charge in [-0.25, -0.2) is 9.69 Å². The summed E-state index contributed by atoms with van der Waals surface area (Å²) in [4.78, 5) is 38.7. The lowest BCUT2D eigenvalue weighted by Gasteiger charge is -2.26. The predicted octanol–water partition coefficient (Wildman–Crippen LogP) is 5.96.